The van der Waals surface area contributed by atoms with Crippen molar-refractivity contribution in [2.24, 2.45) is 0 Å². The summed E-state index contributed by atoms with van der Waals surface area (Å²) in [7, 11) is 2.64. The number of ether oxygens (including phenoxy) is 4. The number of nitrogens with one attached hydrogen (secondary N) is 2. The number of carbonyl (C=O) groups excluding carboxylic acids is 2. The average Bonchev–Trinajstić information content (AvgIpc) is 2.91. The predicted molar refractivity (Wildman–Crippen MR) is 172 cm³/mol. The Labute approximate surface area is 267 Å². The molecular formula is C30H50Cl2N2O9. The SMILES string of the molecule is COC(=O)c1ccccc1OCC(O)CNC(C)(C)C.COC(=O)c1ccccc1OCC(O)CNC(C)(C)C.Cl.Cl.O. The van der Waals surface area contributed by atoms with Gasteiger partial charge in [0.1, 0.15) is 48.0 Å². The molecule has 13 heteroatoms. The number of esters is 2. The van der Waals surface area contributed by atoms with Gasteiger partial charge in [-0.15, -0.1) is 24.8 Å². The van der Waals surface area contributed by atoms with Gasteiger partial charge in [0.15, 0.2) is 0 Å². The molecule has 0 aromatic heterocycles. The van der Waals surface area contributed by atoms with E-state index in [0.29, 0.717) is 35.7 Å². The van der Waals surface area contributed by atoms with E-state index in [0.717, 1.165) is 0 Å². The van der Waals surface area contributed by atoms with Crippen molar-refractivity contribution in [2.45, 2.75) is 64.8 Å². The first kappa shape index (κ1) is 44.8. The van der Waals surface area contributed by atoms with Crippen LogP contribution in [0.5, 0.6) is 11.5 Å². The number of aliphatic hydroxyl groups excluding tert-OH is 2. The molecule has 0 saturated carbocycles. The summed E-state index contributed by atoms with van der Waals surface area (Å²) in [5, 5.41) is 26.1. The van der Waals surface area contributed by atoms with Crippen LogP contribution in [0.2, 0.25) is 0 Å². The van der Waals surface area contributed by atoms with Crippen molar-refractivity contribution in [2.75, 3.05) is 40.5 Å². The average molecular weight is 654 g/mol. The lowest BCUT2D eigenvalue weighted by atomic mass is 10.1. The molecule has 0 saturated heterocycles. The molecule has 0 heterocycles. The van der Waals surface area contributed by atoms with Gasteiger partial charge in [-0.2, -0.15) is 0 Å². The predicted octanol–water partition coefficient (Wildman–Crippen LogP) is 3.22. The maximum atomic E-state index is 11.6. The van der Waals surface area contributed by atoms with Gasteiger partial charge >= 0.3 is 11.9 Å². The first-order chi connectivity index (χ1) is 18.7. The Kier molecular flexibility index (Phi) is 22.9. The molecule has 0 fully saturated rings. The Morgan fingerprint density at radius 3 is 1.26 bits per heavy atom. The highest BCUT2D eigenvalue weighted by Gasteiger charge is 2.17. The number of rotatable bonds is 12. The highest BCUT2D eigenvalue weighted by Crippen LogP contribution is 2.20. The molecule has 0 aliphatic heterocycles. The number of halogens is 2. The van der Waals surface area contributed by atoms with Crippen LogP contribution in [0.4, 0.5) is 0 Å². The van der Waals surface area contributed by atoms with Gasteiger partial charge in [-0.05, 0) is 65.8 Å². The lowest BCUT2D eigenvalue weighted by Gasteiger charge is -2.23. The minimum Gasteiger partial charge on any atom is -0.490 e. The number of benzene rings is 2. The molecule has 0 radical (unpaired) electrons. The first-order valence-electron chi connectivity index (χ1n) is 13.1. The van der Waals surface area contributed by atoms with Gasteiger partial charge < -0.3 is 45.3 Å². The molecule has 2 aromatic rings. The highest BCUT2D eigenvalue weighted by atomic mass is 35.5. The van der Waals surface area contributed by atoms with Crippen molar-refractivity contribution in [1.82, 2.24) is 10.6 Å². The lowest BCUT2D eigenvalue weighted by Crippen LogP contribution is -2.42. The molecule has 43 heavy (non-hydrogen) atoms. The maximum Gasteiger partial charge on any atom is 0.341 e. The topological polar surface area (TPSA) is 167 Å². The second-order valence-electron chi connectivity index (χ2n) is 11.2. The number of carbonyl (C=O) groups is 2. The third kappa shape index (κ3) is 19.3. The monoisotopic (exact) mass is 652 g/mol. The molecule has 0 bridgehead atoms. The summed E-state index contributed by atoms with van der Waals surface area (Å²) in [6.45, 7) is 13.2. The van der Waals surface area contributed by atoms with Crippen molar-refractivity contribution in [3.63, 3.8) is 0 Å². The van der Waals surface area contributed by atoms with Gasteiger partial charge in [0.25, 0.3) is 0 Å². The maximum absolute atomic E-state index is 11.6. The van der Waals surface area contributed by atoms with Crippen LogP contribution in [0, 0.1) is 0 Å². The van der Waals surface area contributed by atoms with E-state index in [1.807, 2.05) is 41.5 Å². The number of para-hydroxylation sites is 2. The highest BCUT2D eigenvalue weighted by molar-refractivity contribution is 5.92. The third-order valence-electron chi connectivity index (χ3n) is 5.18. The van der Waals surface area contributed by atoms with Crippen LogP contribution in [0.25, 0.3) is 0 Å². The molecule has 248 valence electrons. The normalized spacial score (nSPS) is 12.0. The van der Waals surface area contributed by atoms with Crippen molar-refractivity contribution in [3.05, 3.63) is 59.7 Å². The third-order valence-corrected chi connectivity index (χ3v) is 5.18. The van der Waals surface area contributed by atoms with Crippen LogP contribution < -0.4 is 20.1 Å². The summed E-state index contributed by atoms with van der Waals surface area (Å²) >= 11 is 0. The van der Waals surface area contributed by atoms with Crippen LogP contribution in [-0.2, 0) is 9.47 Å². The lowest BCUT2D eigenvalue weighted by molar-refractivity contribution is 0.0579. The molecule has 2 rings (SSSR count). The van der Waals surface area contributed by atoms with Crippen molar-refractivity contribution in [3.8, 4) is 11.5 Å². The van der Waals surface area contributed by atoms with E-state index in [1.54, 1.807) is 48.5 Å². The number of hydrogen-bond donors (Lipinski definition) is 4. The summed E-state index contributed by atoms with van der Waals surface area (Å²) in [6.07, 6.45) is -1.31. The van der Waals surface area contributed by atoms with E-state index in [2.05, 4.69) is 20.1 Å². The summed E-state index contributed by atoms with van der Waals surface area (Å²) in [5.74, 6) is -0.0888. The number of β-amino-alcohol motifs (C(OH)–C–C–N with tert-alkyl or cyclic N) is 2. The molecule has 2 aromatic carbocycles. The Morgan fingerprint density at radius 2 is 0.977 bits per heavy atom. The van der Waals surface area contributed by atoms with Crippen LogP contribution in [0.3, 0.4) is 0 Å². The Bertz CT molecular complexity index is 977. The summed E-state index contributed by atoms with van der Waals surface area (Å²) < 4.78 is 20.4. The minimum absolute atomic E-state index is 0. The molecule has 0 spiro atoms. The first-order valence-corrected chi connectivity index (χ1v) is 13.1. The van der Waals surface area contributed by atoms with E-state index < -0.39 is 24.1 Å². The second-order valence-corrected chi connectivity index (χ2v) is 11.2. The Hall–Kier alpha value is -2.64. The second kappa shape index (κ2) is 22.0. The molecule has 11 nitrogen and oxygen atoms in total. The number of aliphatic hydroxyl groups is 2. The zero-order valence-corrected chi connectivity index (χ0v) is 27.9. The fourth-order valence-corrected chi connectivity index (χ4v) is 3.08. The Balaban J connectivity index is -0.000000696. The van der Waals surface area contributed by atoms with Crippen LogP contribution in [0.1, 0.15) is 62.3 Å². The fourth-order valence-electron chi connectivity index (χ4n) is 3.08. The summed E-state index contributed by atoms with van der Waals surface area (Å²) in [5.41, 5.74) is 0.576. The largest absolute Gasteiger partial charge is 0.490 e. The van der Waals surface area contributed by atoms with Crippen molar-refractivity contribution < 1.29 is 44.2 Å². The zero-order valence-electron chi connectivity index (χ0n) is 26.3. The molecule has 2 unspecified atom stereocenters. The molecule has 6 N–H and O–H groups in total. The molecule has 0 aliphatic carbocycles. The Morgan fingerprint density at radius 1 is 0.674 bits per heavy atom. The molecule has 2 atom stereocenters. The van der Waals surface area contributed by atoms with Gasteiger partial charge in [0, 0.05) is 24.2 Å². The van der Waals surface area contributed by atoms with E-state index in [1.165, 1.54) is 14.2 Å². The van der Waals surface area contributed by atoms with E-state index in [9.17, 15) is 19.8 Å². The summed E-state index contributed by atoms with van der Waals surface area (Å²) in [4.78, 5) is 23.1. The van der Waals surface area contributed by atoms with Crippen LogP contribution >= 0.6 is 24.8 Å². The van der Waals surface area contributed by atoms with Crippen LogP contribution in [-0.4, -0.2) is 91.4 Å². The van der Waals surface area contributed by atoms with Gasteiger partial charge in [-0.25, -0.2) is 9.59 Å². The van der Waals surface area contributed by atoms with Gasteiger partial charge in [-0.3, -0.25) is 0 Å². The van der Waals surface area contributed by atoms with E-state index >= 15 is 0 Å². The minimum atomic E-state index is -0.653. The van der Waals surface area contributed by atoms with Crippen molar-refractivity contribution >= 4 is 36.8 Å². The number of methoxy groups -OCH3 is 2. The summed E-state index contributed by atoms with van der Waals surface area (Å²) in [6, 6.07) is 13.6. The van der Waals surface area contributed by atoms with Gasteiger partial charge in [0.2, 0.25) is 0 Å². The smallest absolute Gasteiger partial charge is 0.341 e. The van der Waals surface area contributed by atoms with E-state index in [-0.39, 0.29) is 54.6 Å². The van der Waals surface area contributed by atoms with E-state index in [4.69, 9.17) is 9.47 Å². The zero-order chi connectivity index (χ0) is 30.3. The quantitative estimate of drug-likeness (QED) is 0.250. The van der Waals surface area contributed by atoms with Crippen molar-refractivity contribution in [1.29, 1.82) is 0 Å². The fraction of sp³-hybridized carbons (Fsp3) is 0.533. The number of hydrogen-bond acceptors (Lipinski definition) is 10. The standard InChI is InChI=1S/2C15H23NO4.2ClH.H2O/c2*1-15(2,3)16-9-11(17)10-20-13-8-6-5-7-12(13)14(18)19-4;;;/h2*5-8,11,16-17H,9-10H2,1-4H3;2*1H;1H2. The molecule has 0 amide bonds. The van der Waals surface area contributed by atoms with Gasteiger partial charge in [-0.1, -0.05) is 24.3 Å². The van der Waals surface area contributed by atoms with Gasteiger partial charge in [0.05, 0.1) is 14.2 Å². The molecule has 0 aliphatic rings. The molecular weight excluding hydrogens is 603 g/mol. The van der Waals surface area contributed by atoms with Crippen LogP contribution in [0.15, 0.2) is 48.5 Å².